The molecule has 13 heteroatoms. The maximum Gasteiger partial charge on any atom is 0.247 e. The van der Waals surface area contributed by atoms with Crippen LogP contribution in [0.2, 0.25) is 0 Å². The van der Waals surface area contributed by atoms with Crippen molar-refractivity contribution in [3.05, 3.63) is 60.6 Å². The van der Waals surface area contributed by atoms with Gasteiger partial charge in [0, 0.05) is 71.3 Å². The third kappa shape index (κ3) is 6.20. The third-order valence-electron chi connectivity index (χ3n) is 8.94. The lowest BCUT2D eigenvalue weighted by atomic mass is 10.00. The molecule has 6 rings (SSSR count). The predicted molar refractivity (Wildman–Crippen MR) is 176 cm³/mol. The third-order valence-corrected chi connectivity index (χ3v) is 8.94. The Morgan fingerprint density at radius 2 is 1.98 bits per heavy atom. The first kappa shape index (κ1) is 31.2. The van der Waals surface area contributed by atoms with Crippen molar-refractivity contribution >= 4 is 52.5 Å². The van der Waals surface area contributed by atoms with Crippen LogP contribution in [0.4, 0.5) is 44.6 Å². The van der Waals surface area contributed by atoms with Gasteiger partial charge in [0.2, 0.25) is 18.3 Å². The fourth-order valence-corrected chi connectivity index (χ4v) is 6.51. The Bertz CT molecular complexity index is 1630. The van der Waals surface area contributed by atoms with Crippen molar-refractivity contribution < 1.29 is 23.5 Å². The summed E-state index contributed by atoms with van der Waals surface area (Å²) >= 11 is 0. The van der Waals surface area contributed by atoms with E-state index in [1.807, 2.05) is 18.0 Å². The van der Waals surface area contributed by atoms with Gasteiger partial charge in [-0.2, -0.15) is 4.98 Å². The lowest BCUT2D eigenvalue weighted by molar-refractivity contribution is -0.112. The van der Waals surface area contributed by atoms with Gasteiger partial charge in [-0.3, -0.25) is 19.4 Å². The number of aromatic nitrogens is 2. The summed E-state index contributed by atoms with van der Waals surface area (Å²) < 4.78 is 26.0. The number of ether oxygens (including phenoxy) is 2. The van der Waals surface area contributed by atoms with Gasteiger partial charge in [0.25, 0.3) is 0 Å². The summed E-state index contributed by atoms with van der Waals surface area (Å²) in [5.74, 6) is 0.188. The maximum atomic E-state index is 14.7. The van der Waals surface area contributed by atoms with Gasteiger partial charge in [0.15, 0.2) is 0 Å². The molecule has 0 aliphatic carbocycles. The number of anilines is 7. The van der Waals surface area contributed by atoms with Gasteiger partial charge in [-0.25, -0.2) is 9.37 Å². The molecule has 4 heterocycles. The summed E-state index contributed by atoms with van der Waals surface area (Å²) in [5, 5.41) is 6.11. The number of hydrogen-bond donors (Lipinski definition) is 2. The number of likely N-dealkylation sites (tertiary alicyclic amines) is 1. The zero-order valence-corrected chi connectivity index (χ0v) is 26.3. The highest BCUT2D eigenvalue weighted by atomic mass is 19.1. The molecule has 3 aliphatic heterocycles. The van der Waals surface area contributed by atoms with E-state index in [4.69, 9.17) is 9.47 Å². The number of methoxy groups -OCH3 is 2. The number of rotatable bonds is 11. The number of nitrogens with one attached hydrogen (secondary N) is 2. The number of benzene rings is 2. The molecule has 2 fully saturated rings. The number of halogens is 1. The predicted octanol–water partition coefficient (Wildman–Crippen LogP) is 4.08. The van der Waals surface area contributed by atoms with E-state index >= 15 is 0 Å². The van der Waals surface area contributed by atoms with Gasteiger partial charge in [0.05, 0.1) is 41.7 Å². The van der Waals surface area contributed by atoms with Crippen molar-refractivity contribution in [3.63, 3.8) is 0 Å². The second-order valence-corrected chi connectivity index (χ2v) is 11.8. The first-order valence-electron chi connectivity index (χ1n) is 15.4. The standard InChI is InChI=1S/C33H39FN8O4/c1-5-31(44)36-25-15-26(29(46-4)16-27(25)41-17-23(18-41)40-12-9-24(19-40)45-3)37-33-35-10-8-30(38-33)42(20-43)28-14-22(34)13-21-7-6-11-39(2)32(21)28/h5,8,10,13-16,20,23-24H,1,6-7,9,11-12,17-19H2,2-4H3,(H,36,44)(H,35,37,38). The monoisotopic (exact) mass is 630 g/mol. The second kappa shape index (κ2) is 13.3. The molecule has 1 atom stereocenters. The van der Waals surface area contributed by atoms with Crippen molar-refractivity contribution in [3.8, 4) is 5.75 Å². The SMILES string of the molecule is C=CC(=O)Nc1cc(Nc2nccc(N(C=O)c3cc(F)cc4c3N(C)CCC4)n2)c(OC)cc1N1CC(N2CCC(OC)C2)C1. The molecule has 2 N–H and O–H groups in total. The Hall–Kier alpha value is -4.75. The maximum absolute atomic E-state index is 14.7. The molecule has 3 aromatic rings. The van der Waals surface area contributed by atoms with E-state index in [1.54, 1.807) is 26.4 Å². The lowest BCUT2D eigenvalue weighted by Crippen LogP contribution is -2.59. The largest absolute Gasteiger partial charge is 0.494 e. The van der Waals surface area contributed by atoms with Crippen LogP contribution < -0.4 is 30.1 Å². The lowest BCUT2D eigenvalue weighted by Gasteiger charge is -2.46. The molecular weight excluding hydrogens is 591 g/mol. The van der Waals surface area contributed by atoms with Crippen LogP contribution in [0.1, 0.15) is 18.4 Å². The summed E-state index contributed by atoms with van der Waals surface area (Å²) in [7, 11) is 5.25. The quantitative estimate of drug-likeness (QED) is 0.237. The number of fused-ring (bicyclic) bond motifs is 1. The van der Waals surface area contributed by atoms with E-state index in [-0.39, 0.29) is 23.8 Å². The Balaban J connectivity index is 1.28. The number of aryl methyl sites for hydroxylation is 1. The molecule has 2 amide bonds. The molecule has 1 unspecified atom stereocenters. The van der Waals surface area contributed by atoms with Crippen molar-refractivity contribution in [2.24, 2.45) is 0 Å². The molecular formula is C33H39FN8O4. The number of carbonyl (C=O) groups is 2. The molecule has 0 bridgehead atoms. The summed E-state index contributed by atoms with van der Waals surface area (Å²) in [4.78, 5) is 41.9. The van der Waals surface area contributed by atoms with Crippen LogP contribution in [0.3, 0.4) is 0 Å². The van der Waals surface area contributed by atoms with Crippen LogP contribution in [0, 0.1) is 5.82 Å². The highest BCUT2D eigenvalue weighted by molar-refractivity contribution is 6.02. The van der Waals surface area contributed by atoms with Crippen molar-refractivity contribution in [2.45, 2.75) is 31.4 Å². The summed E-state index contributed by atoms with van der Waals surface area (Å²) in [6.07, 6.45) is 6.27. The molecule has 0 saturated carbocycles. The minimum atomic E-state index is -0.421. The van der Waals surface area contributed by atoms with E-state index in [1.165, 1.54) is 29.3 Å². The Morgan fingerprint density at radius 3 is 2.70 bits per heavy atom. The van der Waals surface area contributed by atoms with Gasteiger partial charge < -0.3 is 29.9 Å². The molecule has 0 spiro atoms. The molecule has 3 aliphatic rings. The molecule has 46 heavy (non-hydrogen) atoms. The fraction of sp³-hybridized carbons (Fsp3) is 0.394. The highest BCUT2D eigenvalue weighted by Crippen LogP contribution is 2.42. The van der Waals surface area contributed by atoms with E-state index in [9.17, 15) is 14.0 Å². The minimum Gasteiger partial charge on any atom is -0.494 e. The van der Waals surface area contributed by atoms with Gasteiger partial charge in [-0.1, -0.05) is 6.58 Å². The van der Waals surface area contributed by atoms with Gasteiger partial charge >= 0.3 is 0 Å². The molecule has 1 aromatic heterocycles. The number of carbonyl (C=O) groups excluding carboxylic acids is 2. The molecule has 242 valence electrons. The topological polar surface area (TPSA) is 115 Å². The van der Waals surface area contributed by atoms with E-state index < -0.39 is 5.82 Å². The zero-order chi connectivity index (χ0) is 32.4. The Kier molecular flexibility index (Phi) is 9.04. The first-order chi connectivity index (χ1) is 22.3. The summed E-state index contributed by atoms with van der Waals surface area (Å²) in [6, 6.07) is 8.49. The van der Waals surface area contributed by atoms with Crippen LogP contribution in [0.15, 0.2) is 49.2 Å². The average Bonchev–Trinajstić information content (AvgIpc) is 3.50. The van der Waals surface area contributed by atoms with Crippen LogP contribution in [-0.4, -0.2) is 93.3 Å². The Morgan fingerprint density at radius 1 is 1.15 bits per heavy atom. The number of amides is 2. The summed E-state index contributed by atoms with van der Waals surface area (Å²) in [6.45, 7) is 7.91. The van der Waals surface area contributed by atoms with Crippen molar-refractivity contribution in [1.29, 1.82) is 0 Å². The fourth-order valence-electron chi connectivity index (χ4n) is 6.51. The van der Waals surface area contributed by atoms with Crippen molar-refractivity contribution in [2.75, 3.05) is 79.3 Å². The minimum absolute atomic E-state index is 0.181. The molecule has 12 nitrogen and oxygen atoms in total. The summed E-state index contributed by atoms with van der Waals surface area (Å²) in [5.41, 5.74) is 3.94. The first-order valence-corrected chi connectivity index (χ1v) is 15.4. The van der Waals surface area contributed by atoms with Crippen LogP contribution in [0.5, 0.6) is 5.75 Å². The normalized spacial score (nSPS) is 18.0. The smallest absolute Gasteiger partial charge is 0.247 e. The van der Waals surface area contributed by atoms with Crippen LogP contribution >= 0.6 is 0 Å². The van der Waals surface area contributed by atoms with E-state index in [0.29, 0.717) is 35.3 Å². The number of nitrogens with zero attached hydrogens (tertiary/aromatic N) is 6. The highest BCUT2D eigenvalue weighted by Gasteiger charge is 2.37. The Labute approximate surface area is 267 Å². The van der Waals surface area contributed by atoms with E-state index in [0.717, 1.165) is 68.9 Å². The van der Waals surface area contributed by atoms with Crippen molar-refractivity contribution in [1.82, 2.24) is 14.9 Å². The molecule has 2 saturated heterocycles. The zero-order valence-electron chi connectivity index (χ0n) is 26.3. The molecule has 0 radical (unpaired) electrons. The average molecular weight is 631 g/mol. The van der Waals surface area contributed by atoms with Gasteiger partial charge in [-0.05, 0) is 49.1 Å². The van der Waals surface area contributed by atoms with E-state index in [2.05, 4.69) is 37.0 Å². The number of hydrogen-bond acceptors (Lipinski definition) is 10. The van der Waals surface area contributed by atoms with Crippen LogP contribution in [0.25, 0.3) is 0 Å². The second-order valence-electron chi connectivity index (χ2n) is 11.8. The molecule has 2 aromatic carbocycles. The van der Waals surface area contributed by atoms with Crippen LogP contribution in [-0.2, 0) is 20.7 Å². The van der Waals surface area contributed by atoms with Gasteiger partial charge in [0.1, 0.15) is 17.4 Å². The van der Waals surface area contributed by atoms with Gasteiger partial charge in [-0.15, -0.1) is 0 Å².